The number of nitrogens with one attached hydrogen (secondary N) is 1. The van der Waals surface area contributed by atoms with E-state index in [1.807, 2.05) is 37.4 Å². The highest BCUT2D eigenvalue weighted by Gasteiger charge is 2.10. The van der Waals surface area contributed by atoms with Crippen molar-refractivity contribution in [3.05, 3.63) is 81.8 Å². The number of aromatic nitrogens is 1. The maximum Gasteiger partial charge on any atom is 0.119 e. The van der Waals surface area contributed by atoms with E-state index in [0.717, 1.165) is 31.1 Å². The smallest absolute Gasteiger partial charge is 0.119 e. The molecule has 0 aliphatic heterocycles. The Bertz CT molecular complexity index is 897. The molecule has 0 saturated carbocycles. The molecule has 0 amide bonds. The second-order valence-electron chi connectivity index (χ2n) is 8.23. The summed E-state index contributed by atoms with van der Waals surface area (Å²) in [7, 11) is 2.01. The van der Waals surface area contributed by atoms with E-state index in [-0.39, 0.29) is 6.61 Å². The van der Waals surface area contributed by atoms with Crippen LogP contribution in [-0.4, -0.2) is 41.3 Å². The normalized spacial score (nSPS) is 12.5. The Labute approximate surface area is 189 Å². The van der Waals surface area contributed by atoms with Gasteiger partial charge in [-0.15, -0.1) is 11.3 Å². The van der Waals surface area contributed by atoms with E-state index < -0.39 is 6.10 Å². The van der Waals surface area contributed by atoms with Crippen molar-refractivity contribution in [1.29, 1.82) is 0 Å². The molecule has 1 atom stereocenters. The van der Waals surface area contributed by atoms with Crippen molar-refractivity contribution < 1.29 is 9.84 Å². The molecule has 2 N–H and O–H groups in total. The van der Waals surface area contributed by atoms with Gasteiger partial charge in [-0.2, -0.15) is 0 Å². The SMILES string of the molecule is CC(C)c1nc(CNCc2ccc(OC[C@@H](O)CN(C)Cc3ccccc3)cc2)cs1. The van der Waals surface area contributed by atoms with E-state index in [2.05, 4.69) is 58.7 Å². The molecule has 0 unspecified atom stereocenters. The number of ether oxygens (including phenoxy) is 1. The van der Waals surface area contributed by atoms with Gasteiger partial charge >= 0.3 is 0 Å². The topological polar surface area (TPSA) is 57.6 Å². The molecule has 166 valence electrons. The predicted molar refractivity (Wildman–Crippen MR) is 127 cm³/mol. The fourth-order valence-corrected chi connectivity index (χ4v) is 4.11. The molecule has 0 spiro atoms. The minimum absolute atomic E-state index is 0.277. The van der Waals surface area contributed by atoms with Crippen LogP contribution in [0.4, 0.5) is 0 Å². The average Bonchev–Trinajstić information content (AvgIpc) is 3.23. The van der Waals surface area contributed by atoms with E-state index in [0.29, 0.717) is 12.5 Å². The van der Waals surface area contributed by atoms with Crippen molar-refractivity contribution >= 4 is 11.3 Å². The zero-order chi connectivity index (χ0) is 22.1. The molecule has 1 heterocycles. The van der Waals surface area contributed by atoms with Crippen LogP contribution in [0.1, 0.15) is 41.6 Å². The number of aliphatic hydroxyl groups excluding tert-OH is 1. The second-order valence-corrected chi connectivity index (χ2v) is 9.12. The minimum Gasteiger partial charge on any atom is -0.491 e. The summed E-state index contributed by atoms with van der Waals surface area (Å²) in [5, 5.41) is 17.0. The van der Waals surface area contributed by atoms with Gasteiger partial charge in [-0.25, -0.2) is 4.98 Å². The Morgan fingerprint density at radius 3 is 2.45 bits per heavy atom. The van der Waals surface area contributed by atoms with E-state index >= 15 is 0 Å². The van der Waals surface area contributed by atoms with Crippen molar-refractivity contribution in [1.82, 2.24) is 15.2 Å². The fourth-order valence-electron chi connectivity index (χ4n) is 3.27. The average molecular weight is 440 g/mol. The predicted octanol–water partition coefficient (Wildman–Crippen LogP) is 4.43. The molecule has 3 rings (SSSR count). The first-order chi connectivity index (χ1) is 15.0. The lowest BCUT2D eigenvalue weighted by Crippen LogP contribution is -2.32. The molecule has 0 bridgehead atoms. The van der Waals surface area contributed by atoms with E-state index in [9.17, 15) is 5.11 Å². The van der Waals surface area contributed by atoms with E-state index in [4.69, 9.17) is 4.74 Å². The van der Waals surface area contributed by atoms with Crippen molar-refractivity contribution in [3.8, 4) is 5.75 Å². The molecule has 6 heteroatoms. The van der Waals surface area contributed by atoms with Crippen LogP contribution in [0.25, 0.3) is 0 Å². The number of rotatable bonds is 12. The van der Waals surface area contributed by atoms with Gasteiger partial charge in [0.2, 0.25) is 0 Å². The highest BCUT2D eigenvalue weighted by atomic mass is 32.1. The molecule has 0 aliphatic rings. The van der Waals surface area contributed by atoms with Crippen LogP contribution in [-0.2, 0) is 19.6 Å². The van der Waals surface area contributed by atoms with Crippen LogP contribution >= 0.6 is 11.3 Å². The summed E-state index contributed by atoms with van der Waals surface area (Å²) in [6, 6.07) is 18.3. The first kappa shape index (κ1) is 23.4. The van der Waals surface area contributed by atoms with Crippen LogP contribution in [0.5, 0.6) is 5.75 Å². The third-order valence-corrected chi connectivity index (χ3v) is 6.08. The standard InChI is InChI=1S/C25H33N3O2S/c1-19(2)25-27-22(18-31-25)14-26-13-20-9-11-24(12-10-20)30-17-23(29)16-28(3)15-21-7-5-4-6-8-21/h4-12,18-19,23,26,29H,13-17H2,1-3H3/t23-/m0/s1. The van der Waals surface area contributed by atoms with Crippen LogP contribution in [0.3, 0.4) is 0 Å². The number of hydrogen-bond donors (Lipinski definition) is 2. The third kappa shape index (κ3) is 8.07. The van der Waals surface area contributed by atoms with Gasteiger partial charge in [0.05, 0.1) is 10.7 Å². The summed E-state index contributed by atoms with van der Waals surface area (Å²) in [5.41, 5.74) is 3.52. The quantitative estimate of drug-likeness (QED) is 0.437. The van der Waals surface area contributed by atoms with Gasteiger partial charge < -0.3 is 15.2 Å². The summed E-state index contributed by atoms with van der Waals surface area (Å²) < 4.78 is 5.77. The van der Waals surface area contributed by atoms with Gasteiger partial charge in [0, 0.05) is 37.5 Å². The number of likely N-dealkylation sites (N-methyl/N-ethyl adjacent to an activating group) is 1. The number of hydrogen-bond acceptors (Lipinski definition) is 6. The fraction of sp³-hybridized carbons (Fsp3) is 0.400. The molecular formula is C25H33N3O2S. The molecule has 2 aromatic carbocycles. The van der Waals surface area contributed by atoms with Gasteiger partial charge in [-0.05, 0) is 30.3 Å². The first-order valence-electron chi connectivity index (χ1n) is 10.8. The molecule has 0 radical (unpaired) electrons. The molecule has 1 aromatic heterocycles. The van der Waals surface area contributed by atoms with Crippen LogP contribution < -0.4 is 10.1 Å². The largest absolute Gasteiger partial charge is 0.491 e. The third-order valence-electron chi connectivity index (χ3n) is 4.88. The second kappa shape index (κ2) is 12.0. The van der Waals surface area contributed by atoms with Crippen LogP contribution in [0.2, 0.25) is 0 Å². The lowest BCUT2D eigenvalue weighted by molar-refractivity contribution is 0.0744. The zero-order valence-corrected chi connectivity index (χ0v) is 19.4. The van der Waals surface area contributed by atoms with Gasteiger partial charge in [-0.3, -0.25) is 4.90 Å². The number of aliphatic hydroxyl groups is 1. The Morgan fingerprint density at radius 2 is 1.77 bits per heavy atom. The highest BCUT2D eigenvalue weighted by Crippen LogP contribution is 2.19. The summed E-state index contributed by atoms with van der Waals surface area (Å²) in [5.74, 6) is 1.25. The summed E-state index contributed by atoms with van der Waals surface area (Å²) in [6.07, 6.45) is -0.538. The van der Waals surface area contributed by atoms with Crippen LogP contribution in [0.15, 0.2) is 60.0 Å². The van der Waals surface area contributed by atoms with Crippen molar-refractivity contribution in [2.45, 2.75) is 45.5 Å². The molecular weight excluding hydrogens is 406 g/mol. The molecule has 31 heavy (non-hydrogen) atoms. The Kier molecular flexibility index (Phi) is 9.03. The molecule has 0 saturated heterocycles. The lowest BCUT2D eigenvalue weighted by Gasteiger charge is -2.21. The summed E-state index contributed by atoms with van der Waals surface area (Å²) in [6.45, 7) is 7.53. The molecule has 5 nitrogen and oxygen atoms in total. The molecule has 0 aliphatic carbocycles. The van der Waals surface area contributed by atoms with Crippen molar-refractivity contribution in [3.63, 3.8) is 0 Å². The van der Waals surface area contributed by atoms with Gasteiger partial charge in [-0.1, -0.05) is 56.3 Å². The highest BCUT2D eigenvalue weighted by molar-refractivity contribution is 7.09. The summed E-state index contributed by atoms with van der Waals surface area (Å²) in [4.78, 5) is 6.75. The molecule has 0 fully saturated rings. The maximum atomic E-state index is 10.3. The maximum absolute atomic E-state index is 10.3. The zero-order valence-electron chi connectivity index (χ0n) is 18.6. The lowest BCUT2D eigenvalue weighted by atomic mass is 10.2. The monoisotopic (exact) mass is 439 g/mol. The Morgan fingerprint density at radius 1 is 1.03 bits per heavy atom. The van der Waals surface area contributed by atoms with Gasteiger partial charge in [0.1, 0.15) is 18.5 Å². The van der Waals surface area contributed by atoms with E-state index in [1.165, 1.54) is 16.1 Å². The van der Waals surface area contributed by atoms with Crippen LogP contribution in [0, 0.1) is 0 Å². The minimum atomic E-state index is -0.538. The number of benzene rings is 2. The molecule has 3 aromatic rings. The first-order valence-corrected chi connectivity index (χ1v) is 11.6. The Balaban J connectivity index is 1.35. The Hall–Kier alpha value is -2.25. The van der Waals surface area contributed by atoms with E-state index in [1.54, 1.807) is 11.3 Å². The number of thiazole rings is 1. The summed E-state index contributed by atoms with van der Waals surface area (Å²) >= 11 is 1.73. The number of nitrogens with zero attached hydrogens (tertiary/aromatic N) is 2. The van der Waals surface area contributed by atoms with Gasteiger partial charge in [0.15, 0.2) is 0 Å². The van der Waals surface area contributed by atoms with Crippen molar-refractivity contribution in [2.24, 2.45) is 0 Å². The van der Waals surface area contributed by atoms with Gasteiger partial charge in [0.25, 0.3) is 0 Å². The van der Waals surface area contributed by atoms with Crippen molar-refractivity contribution in [2.75, 3.05) is 20.2 Å².